The molecule has 0 aromatic heterocycles. The maximum Gasteiger partial charge on any atom is 0.306 e. The van der Waals surface area contributed by atoms with Gasteiger partial charge in [0, 0.05) is 19.3 Å². The molecule has 48 heavy (non-hydrogen) atoms. The van der Waals surface area contributed by atoms with Crippen LogP contribution in [0.3, 0.4) is 0 Å². The lowest BCUT2D eigenvalue weighted by Crippen LogP contribution is -2.30. The van der Waals surface area contributed by atoms with Crippen LogP contribution in [0.2, 0.25) is 0 Å². The molecule has 0 saturated heterocycles. The molecule has 0 aliphatic rings. The maximum absolute atomic E-state index is 12.3. The molecule has 284 valence electrons. The van der Waals surface area contributed by atoms with Crippen LogP contribution in [0.25, 0.3) is 0 Å². The molecule has 0 saturated carbocycles. The smallest absolute Gasteiger partial charge is 0.306 e. The summed E-state index contributed by atoms with van der Waals surface area (Å²) in [5, 5.41) is 0. The number of esters is 3. The van der Waals surface area contributed by atoms with Gasteiger partial charge in [-0.05, 0) is 12.8 Å². The van der Waals surface area contributed by atoms with Gasteiger partial charge in [-0.25, -0.2) is 0 Å². The average Bonchev–Trinajstić information content (AvgIpc) is 3.09. The Morgan fingerprint density at radius 1 is 0.354 bits per heavy atom. The van der Waals surface area contributed by atoms with Gasteiger partial charge in [0.2, 0.25) is 0 Å². The third kappa shape index (κ3) is 35.7. The summed E-state index contributed by atoms with van der Waals surface area (Å²) < 4.78 is 16.1. The Morgan fingerprint density at radius 2 is 0.604 bits per heavy atom. The van der Waals surface area contributed by atoms with Crippen molar-refractivity contribution in [2.75, 3.05) is 13.2 Å². The number of rotatable bonds is 38. The van der Waals surface area contributed by atoms with Gasteiger partial charge >= 0.3 is 17.9 Å². The Balaban J connectivity index is 3.78. The highest BCUT2D eigenvalue weighted by atomic mass is 16.6. The highest BCUT2D eigenvalue weighted by Crippen LogP contribution is 2.16. The molecule has 0 radical (unpaired) electrons. The lowest BCUT2D eigenvalue weighted by atomic mass is 10.0. The van der Waals surface area contributed by atoms with Crippen molar-refractivity contribution in [3.05, 3.63) is 0 Å². The Labute approximate surface area is 298 Å². The summed E-state index contributed by atoms with van der Waals surface area (Å²) in [5.74, 6) is -0.963. The highest BCUT2D eigenvalue weighted by molar-refractivity contribution is 5.70. The van der Waals surface area contributed by atoms with Gasteiger partial charge in [-0.2, -0.15) is 0 Å². The van der Waals surface area contributed by atoms with E-state index in [0.29, 0.717) is 12.8 Å². The summed E-state index contributed by atoms with van der Waals surface area (Å²) in [6, 6.07) is 0. The number of hydrogen-bond donors (Lipinski definition) is 0. The fourth-order valence-corrected chi connectivity index (χ4v) is 6.18. The van der Waals surface area contributed by atoms with E-state index in [1.807, 2.05) is 0 Å². The van der Waals surface area contributed by atoms with Crippen LogP contribution in [-0.4, -0.2) is 37.2 Å². The zero-order chi connectivity index (χ0) is 35.2. The molecule has 0 aromatic carbocycles. The zero-order valence-electron chi connectivity index (χ0n) is 32.3. The maximum atomic E-state index is 12.3. The number of unbranched alkanes of at least 4 members (excludes halogenated alkanes) is 28. The number of ether oxygens (including phenoxy) is 3. The lowest BCUT2D eigenvalue weighted by Gasteiger charge is -2.18. The van der Waals surface area contributed by atoms with E-state index >= 15 is 0 Å². The first-order valence-corrected chi connectivity index (χ1v) is 21.0. The second-order valence-electron chi connectivity index (χ2n) is 14.2. The van der Waals surface area contributed by atoms with Crippen LogP contribution in [0.4, 0.5) is 0 Å². The number of carbonyl (C=O) groups excluding carboxylic acids is 3. The van der Waals surface area contributed by atoms with Crippen molar-refractivity contribution in [3.8, 4) is 0 Å². The van der Waals surface area contributed by atoms with Gasteiger partial charge < -0.3 is 14.2 Å². The molecule has 0 aromatic rings. The summed E-state index contributed by atoms with van der Waals surface area (Å²) in [7, 11) is 0. The van der Waals surface area contributed by atoms with Crippen LogP contribution in [0.15, 0.2) is 0 Å². The second kappa shape index (κ2) is 38.2. The van der Waals surface area contributed by atoms with Gasteiger partial charge in [-0.3, -0.25) is 14.4 Å². The molecule has 6 nitrogen and oxygen atoms in total. The standard InChI is InChI=1S/C42H80O6/c1-4-7-9-11-13-15-17-19-21-23-25-27-29-31-33-35-41(44)46-37-39(48-40(43)6-3)38-47-42(45)36-34-32-30-28-26-24-22-20-18-16-14-12-10-8-5-2/h39H,4-38H2,1-3H3. The Morgan fingerprint density at radius 3 is 0.854 bits per heavy atom. The first kappa shape index (κ1) is 46.4. The SMILES string of the molecule is CCCCCCCCCCCCCCCCCC(=O)OCC(COC(=O)CCCCCCCCCCCCCCCCC)OC(=O)CC. The first-order chi connectivity index (χ1) is 23.5. The van der Waals surface area contributed by atoms with E-state index in [0.717, 1.165) is 38.5 Å². The predicted octanol–water partition coefficient (Wildman–Crippen LogP) is 12.9. The third-order valence-corrected chi connectivity index (χ3v) is 9.42. The van der Waals surface area contributed by atoms with Crippen molar-refractivity contribution in [1.82, 2.24) is 0 Å². The summed E-state index contributed by atoms with van der Waals surface area (Å²) in [6.07, 6.45) is 38.6. The molecule has 0 amide bonds. The molecule has 0 aliphatic heterocycles. The fraction of sp³-hybridized carbons (Fsp3) is 0.929. The molecule has 0 aliphatic carbocycles. The molecule has 0 atom stereocenters. The van der Waals surface area contributed by atoms with Crippen LogP contribution in [0.5, 0.6) is 0 Å². The minimum atomic E-state index is -0.757. The van der Waals surface area contributed by atoms with Gasteiger partial charge in [0.05, 0.1) is 0 Å². The van der Waals surface area contributed by atoms with E-state index in [2.05, 4.69) is 13.8 Å². The van der Waals surface area contributed by atoms with E-state index in [1.165, 1.54) is 154 Å². The zero-order valence-corrected chi connectivity index (χ0v) is 32.3. The number of hydrogen-bond acceptors (Lipinski definition) is 6. The van der Waals surface area contributed by atoms with Gasteiger partial charge in [0.15, 0.2) is 6.10 Å². The molecule has 0 bridgehead atoms. The normalized spacial score (nSPS) is 11.2. The van der Waals surface area contributed by atoms with E-state index in [9.17, 15) is 14.4 Å². The predicted molar refractivity (Wildman–Crippen MR) is 201 cm³/mol. The molecule has 0 unspecified atom stereocenters. The minimum absolute atomic E-state index is 0.0739. The summed E-state index contributed by atoms with van der Waals surface area (Å²) >= 11 is 0. The molecule has 0 heterocycles. The molecule has 6 heteroatoms. The van der Waals surface area contributed by atoms with Crippen molar-refractivity contribution < 1.29 is 28.6 Å². The molecule has 0 spiro atoms. The highest BCUT2D eigenvalue weighted by Gasteiger charge is 2.18. The van der Waals surface area contributed by atoms with Crippen molar-refractivity contribution in [2.24, 2.45) is 0 Å². The van der Waals surface area contributed by atoms with Crippen molar-refractivity contribution in [1.29, 1.82) is 0 Å². The first-order valence-electron chi connectivity index (χ1n) is 21.0. The Kier molecular flexibility index (Phi) is 36.9. The van der Waals surface area contributed by atoms with Crippen LogP contribution >= 0.6 is 0 Å². The quantitative estimate of drug-likeness (QED) is 0.0367. The minimum Gasteiger partial charge on any atom is -0.462 e. The second-order valence-corrected chi connectivity index (χ2v) is 14.2. The van der Waals surface area contributed by atoms with E-state index in [-0.39, 0.29) is 31.6 Å². The van der Waals surface area contributed by atoms with Crippen molar-refractivity contribution >= 4 is 17.9 Å². The summed E-state index contributed by atoms with van der Waals surface area (Å²) in [5.41, 5.74) is 0. The lowest BCUT2D eigenvalue weighted by molar-refractivity contribution is -0.166. The van der Waals surface area contributed by atoms with Gasteiger partial charge in [0.1, 0.15) is 13.2 Å². The Bertz CT molecular complexity index is 658. The summed E-state index contributed by atoms with van der Waals surface area (Å²) in [4.78, 5) is 36.4. The van der Waals surface area contributed by atoms with Crippen LogP contribution < -0.4 is 0 Å². The van der Waals surface area contributed by atoms with E-state index < -0.39 is 12.1 Å². The largest absolute Gasteiger partial charge is 0.462 e. The van der Waals surface area contributed by atoms with Crippen LogP contribution in [-0.2, 0) is 28.6 Å². The molecular weight excluding hydrogens is 600 g/mol. The van der Waals surface area contributed by atoms with Gasteiger partial charge in [0.25, 0.3) is 0 Å². The van der Waals surface area contributed by atoms with E-state index in [1.54, 1.807) is 6.92 Å². The molecular formula is C42H80O6. The average molecular weight is 681 g/mol. The van der Waals surface area contributed by atoms with Gasteiger partial charge in [-0.15, -0.1) is 0 Å². The number of carbonyl (C=O) groups is 3. The monoisotopic (exact) mass is 681 g/mol. The van der Waals surface area contributed by atoms with Crippen LogP contribution in [0.1, 0.15) is 233 Å². The topological polar surface area (TPSA) is 78.9 Å². The summed E-state index contributed by atoms with van der Waals surface area (Å²) in [6.45, 7) is 6.10. The van der Waals surface area contributed by atoms with Crippen LogP contribution in [0, 0.1) is 0 Å². The fourth-order valence-electron chi connectivity index (χ4n) is 6.18. The molecule has 0 fully saturated rings. The van der Waals surface area contributed by atoms with E-state index in [4.69, 9.17) is 14.2 Å². The van der Waals surface area contributed by atoms with Crippen molar-refractivity contribution in [2.45, 2.75) is 239 Å². The third-order valence-electron chi connectivity index (χ3n) is 9.42. The molecule has 0 N–H and O–H groups in total. The molecule has 0 rings (SSSR count). The van der Waals surface area contributed by atoms with Gasteiger partial charge in [-0.1, -0.05) is 201 Å². The Hall–Kier alpha value is -1.59. The van der Waals surface area contributed by atoms with Crippen molar-refractivity contribution in [3.63, 3.8) is 0 Å².